The molecule has 1 N–H and O–H groups in total. The number of piperidine rings is 1. The fraction of sp³-hybridized carbons (Fsp3) is 0.611. The highest BCUT2D eigenvalue weighted by molar-refractivity contribution is 14.0. The summed E-state index contributed by atoms with van der Waals surface area (Å²) in [6, 6.07) is 11.6. The predicted octanol–water partition coefficient (Wildman–Crippen LogP) is 3.86. The second kappa shape index (κ2) is 8.18. The maximum atomic E-state index is 4.50. The Bertz CT molecular complexity index is 484. The third kappa shape index (κ3) is 3.94. The number of likely N-dealkylation sites (tertiary alicyclic amines) is 1. The summed E-state index contributed by atoms with van der Waals surface area (Å²) in [4.78, 5) is 6.94. The summed E-state index contributed by atoms with van der Waals surface area (Å²) in [5.74, 6) is 2.46. The molecule has 2 unspecified atom stereocenters. The molecule has 1 saturated carbocycles. The van der Waals surface area contributed by atoms with Crippen molar-refractivity contribution in [1.29, 1.82) is 0 Å². The number of nitrogens with one attached hydrogen (secondary N) is 1. The van der Waals surface area contributed by atoms with E-state index in [-0.39, 0.29) is 24.0 Å². The minimum atomic E-state index is 0. The molecule has 0 spiro atoms. The second-order valence-corrected chi connectivity index (χ2v) is 6.55. The Morgan fingerprint density at radius 3 is 2.45 bits per heavy atom. The highest BCUT2D eigenvalue weighted by Gasteiger charge is 2.30. The van der Waals surface area contributed by atoms with Gasteiger partial charge in [0, 0.05) is 26.2 Å². The number of rotatable bonds is 2. The Morgan fingerprint density at radius 1 is 1.18 bits per heavy atom. The summed E-state index contributed by atoms with van der Waals surface area (Å²) in [6.45, 7) is 4.59. The molecule has 2 atom stereocenters. The lowest BCUT2D eigenvalue weighted by molar-refractivity contribution is 0.228. The monoisotopic (exact) mass is 413 g/mol. The average molecular weight is 413 g/mol. The van der Waals surface area contributed by atoms with Crippen LogP contribution in [0.1, 0.15) is 44.1 Å². The number of benzene rings is 1. The molecule has 0 aromatic heterocycles. The summed E-state index contributed by atoms with van der Waals surface area (Å²) in [5, 5.41) is 3.62. The van der Waals surface area contributed by atoms with Crippen LogP contribution in [-0.2, 0) is 0 Å². The van der Waals surface area contributed by atoms with E-state index in [0.717, 1.165) is 19.0 Å². The number of hydrogen-bond acceptors (Lipinski definition) is 1. The smallest absolute Gasteiger partial charge is 0.193 e. The van der Waals surface area contributed by atoms with Crippen LogP contribution in [0.3, 0.4) is 0 Å². The van der Waals surface area contributed by atoms with Crippen LogP contribution in [0.25, 0.3) is 0 Å². The van der Waals surface area contributed by atoms with Crippen molar-refractivity contribution in [2.24, 2.45) is 10.9 Å². The van der Waals surface area contributed by atoms with Gasteiger partial charge in [0.15, 0.2) is 5.96 Å². The van der Waals surface area contributed by atoms with Gasteiger partial charge in [-0.05, 0) is 43.1 Å². The van der Waals surface area contributed by atoms with Gasteiger partial charge in [-0.15, -0.1) is 24.0 Å². The number of hydrogen-bond donors (Lipinski definition) is 1. The third-order valence-corrected chi connectivity index (χ3v) is 5.08. The summed E-state index contributed by atoms with van der Waals surface area (Å²) in [5.41, 5.74) is 1.49. The van der Waals surface area contributed by atoms with E-state index in [1.165, 1.54) is 31.2 Å². The van der Waals surface area contributed by atoms with Gasteiger partial charge in [0.1, 0.15) is 0 Å². The number of guanidine groups is 1. The first kappa shape index (κ1) is 17.6. The van der Waals surface area contributed by atoms with Gasteiger partial charge in [-0.2, -0.15) is 0 Å². The minimum absolute atomic E-state index is 0. The lowest BCUT2D eigenvalue weighted by Crippen LogP contribution is -2.52. The first-order chi connectivity index (χ1) is 10.3. The molecule has 3 nitrogen and oxygen atoms in total. The van der Waals surface area contributed by atoms with Crippen LogP contribution in [0.5, 0.6) is 0 Å². The van der Waals surface area contributed by atoms with Gasteiger partial charge in [0.05, 0.1) is 0 Å². The van der Waals surface area contributed by atoms with E-state index in [1.54, 1.807) is 0 Å². The Hall–Kier alpha value is -0.780. The van der Waals surface area contributed by atoms with Gasteiger partial charge in [0.25, 0.3) is 0 Å². The lowest BCUT2D eigenvalue weighted by Gasteiger charge is -2.40. The number of nitrogens with zero attached hydrogens (tertiary/aromatic N) is 2. The van der Waals surface area contributed by atoms with Crippen molar-refractivity contribution in [1.82, 2.24) is 10.2 Å². The molecule has 4 heteroatoms. The molecule has 1 aromatic rings. The van der Waals surface area contributed by atoms with Crippen LogP contribution >= 0.6 is 24.0 Å². The number of aliphatic imine (C=N–C) groups is 1. The third-order valence-electron chi connectivity index (χ3n) is 5.08. The fourth-order valence-electron chi connectivity index (χ4n) is 3.57. The van der Waals surface area contributed by atoms with E-state index in [9.17, 15) is 0 Å². The van der Waals surface area contributed by atoms with Gasteiger partial charge >= 0.3 is 0 Å². The standard InChI is InChI=1S/C18H27N3.HI/c1-14-13-21(18(19-2)20-16-9-6-10-16)12-11-17(14)15-7-4-3-5-8-15;/h3-5,7-8,14,16-17H,6,9-13H2,1-2H3,(H,19,20);1H. The highest BCUT2D eigenvalue weighted by Crippen LogP contribution is 2.32. The van der Waals surface area contributed by atoms with Crippen LogP contribution in [-0.4, -0.2) is 37.0 Å². The van der Waals surface area contributed by atoms with E-state index >= 15 is 0 Å². The summed E-state index contributed by atoms with van der Waals surface area (Å²) >= 11 is 0. The molecule has 1 aliphatic carbocycles. The molecule has 2 aliphatic rings. The molecule has 0 amide bonds. The van der Waals surface area contributed by atoms with Gasteiger partial charge in [0.2, 0.25) is 0 Å². The molecule has 0 bridgehead atoms. The summed E-state index contributed by atoms with van der Waals surface area (Å²) in [6.07, 6.45) is 5.18. The van der Waals surface area contributed by atoms with Crippen LogP contribution in [0.15, 0.2) is 35.3 Å². The van der Waals surface area contributed by atoms with Crippen LogP contribution in [0.4, 0.5) is 0 Å². The van der Waals surface area contributed by atoms with Crippen molar-refractivity contribution >= 4 is 29.9 Å². The topological polar surface area (TPSA) is 27.6 Å². The van der Waals surface area contributed by atoms with Crippen molar-refractivity contribution in [2.75, 3.05) is 20.1 Å². The lowest BCUT2D eigenvalue weighted by atomic mass is 9.81. The predicted molar refractivity (Wildman–Crippen MR) is 104 cm³/mol. The first-order valence-corrected chi connectivity index (χ1v) is 8.31. The van der Waals surface area contributed by atoms with E-state index in [4.69, 9.17) is 0 Å². The summed E-state index contributed by atoms with van der Waals surface area (Å²) < 4.78 is 0. The average Bonchev–Trinajstić information content (AvgIpc) is 2.47. The van der Waals surface area contributed by atoms with E-state index in [1.807, 2.05) is 7.05 Å². The largest absolute Gasteiger partial charge is 0.354 e. The van der Waals surface area contributed by atoms with Crippen molar-refractivity contribution in [2.45, 2.75) is 44.6 Å². The number of halogens is 1. The molecule has 2 fully saturated rings. The molecule has 22 heavy (non-hydrogen) atoms. The zero-order valence-corrected chi connectivity index (χ0v) is 16.0. The highest BCUT2D eigenvalue weighted by atomic mass is 127. The molecule has 1 aromatic carbocycles. The van der Waals surface area contributed by atoms with Gasteiger partial charge in [-0.3, -0.25) is 4.99 Å². The van der Waals surface area contributed by atoms with Crippen LogP contribution in [0.2, 0.25) is 0 Å². The fourth-order valence-corrected chi connectivity index (χ4v) is 3.57. The van der Waals surface area contributed by atoms with E-state index in [0.29, 0.717) is 17.9 Å². The molecule has 1 heterocycles. The van der Waals surface area contributed by atoms with Crippen molar-refractivity contribution in [3.05, 3.63) is 35.9 Å². The maximum absolute atomic E-state index is 4.50. The van der Waals surface area contributed by atoms with Crippen molar-refractivity contribution < 1.29 is 0 Å². The van der Waals surface area contributed by atoms with Crippen LogP contribution < -0.4 is 5.32 Å². The van der Waals surface area contributed by atoms with E-state index < -0.39 is 0 Å². The SMILES string of the molecule is CN=C(NC1CCC1)N1CCC(c2ccccc2)C(C)C1.I. The molecule has 1 aliphatic heterocycles. The molecular formula is C18H28IN3. The van der Waals surface area contributed by atoms with Gasteiger partial charge in [-0.25, -0.2) is 0 Å². The zero-order valence-electron chi connectivity index (χ0n) is 13.7. The molecular weight excluding hydrogens is 385 g/mol. The molecule has 0 radical (unpaired) electrons. The molecule has 3 rings (SSSR count). The van der Waals surface area contributed by atoms with Crippen molar-refractivity contribution in [3.63, 3.8) is 0 Å². The van der Waals surface area contributed by atoms with Gasteiger partial charge < -0.3 is 10.2 Å². The zero-order chi connectivity index (χ0) is 14.7. The maximum Gasteiger partial charge on any atom is 0.193 e. The minimum Gasteiger partial charge on any atom is -0.354 e. The Morgan fingerprint density at radius 2 is 1.91 bits per heavy atom. The van der Waals surface area contributed by atoms with E-state index in [2.05, 4.69) is 52.5 Å². The summed E-state index contributed by atoms with van der Waals surface area (Å²) in [7, 11) is 1.91. The molecule has 1 saturated heterocycles. The Balaban J connectivity index is 0.00000176. The Kier molecular flexibility index (Phi) is 6.53. The Labute approximate surface area is 151 Å². The second-order valence-electron chi connectivity index (χ2n) is 6.55. The first-order valence-electron chi connectivity index (χ1n) is 8.31. The van der Waals surface area contributed by atoms with Gasteiger partial charge in [-0.1, -0.05) is 37.3 Å². The quantitative estimate of drug-likeness (QED) is 0.453. The molecule has 122 valence electrons. The van der Waals surface area contributed by atoms with Crippen LogP contribution in [0, 0.1) is 5.92 Å². The van der Waals surface area contributed by atoms with Crippen molar-refractivity contribution in [3.8, 4) is 0 Å². The normalized spacial score (nSPS) is 26.1.